The maximum atomic E-state index is 12.3. The Morgan fingerprint density at radius 2 is 2.35 bits per heavy atom. The van der Waals surface area contributed by atoms with Gasteiger partial charge in [-0.2, -0.15) is 5.26 Å². The predicted molar refractivity (Wildman–Crippen MR) is 88.8 cm³/mol. The third-order valence-electron chi connectivity index (χ3n) is 3.77. The topological polar surface area (TPSA) is 81.9 Å². The molecule has 1 unspecified atom stereocenters. The second kappa shape index (κ2) is 6.14. The summed E-state index contributed by atoms with van der Waals surface area (Å²) in [7, 11) is 0. The second-order valence-electron chi connectivity index (χ2n) is 5.70. The van der Waals surface area contributed by atoms with Gasteiger partial charge in [-0.3, -0.25) is 4.79 Å². The summed E-state index contributed by atoms with van der Waals surface area (Å²) in [6.07, 6.45) is 0.805. The van der Waals surface area contributed by atoms with Gasteiger partial charge in [0.2, 0.25) is 0 Å². The molecular formula is C15H14ClN5OS. The lowest BCUT2D eigenvalue weighted by molar-refractivity contribution is 0.0918. The van der Waals surface area contributed by atoms with Crippen LogP contribution in [0.15, 0.2) is 23.6 Å². The van der Waals surface area contributed by atoms with Crippen molar-refractivity contribution in [2.75, 3.05) is 18.0 Å². The number of thiophene rings is 1. The summed E-state index contributed by atoms with van der Waals surface area (Å²) in [5.74, 6) is 0.596. The Morgan fingerprint density at radius 1 is 1.52 bits per heavy atom. The average molecular weight is 348 g/mol. The average Bonchev–Trinajstić information content (AvgIpc) is 3.14. The van der Waals surface area contributed by atoms with Crippen molar-refractivity contribution in [3.63, 3.8) is 0 Å². The number of carbonyl (C=O) groups is 1. The van der Waals surface area contributed by atoms with E-state index in [1.54, 1.807) is 23.6 Å². The zero-order chi connectivity index (χ0) is 16.4. The summed E-state index contributed by atoms with van der Waals surface area (Å²) < 4.78 is 0. The van der Waals surface area contributed by atoms with Gasteiger partial charge in [0, 0.05) is 18.5 Å². The maximum Gasteiger partial charge on any atom is 0.261 e. The minimum Gasteiger partial charge on any atom is -0.353 e. The number of rotatable bonds is 3. The van der Waals surface area contributed by atoms with Crippen LogP contribution in [0.2, 0.25) is 5.02 Å². The van der Waals surface area contributed by atoms with Gasteiger partial charge in [-0.15, -0.1) is 21.5 Å². The molecule has 1 fully saturated rings. The maximum absolute atomic E-state index is 12.3. The molecule has 1 saturated heterocycles. The number of hydrogen-bond donors (Lipinski definition) is 1. The summed E-state index contributed by atoms with van der Waals surface area (Å²) in [5.41, 5.74) is -0.0538. The predicted octanol–water partition coefficient (Wildman–Crippen LogP) is 2.46. The van der Waals surface area contributed by atoms with E-state index >= 15 is 0 Å². The van der Waals surface area contributed by atoms with Crippen LogP contribution in [0.1, 0.15) is 28.7 Å². The largest absolute Gasteiger partial charge is 0.353 e. The normalized spacial score (nSPS) is 20.3. The molecule has 1 amide bonds. The van der Waals surface area contributed by atoms with E-state index in [1.165, 1.54) is 11.3 Å². The third-order valence-corrected chi connectivity index (χ3v) is 5.05. The summed E-state index contributed by atoms with van der Waals surface area (Å²) in [5, 5.41) is 22.1. The highest BCUT2D eigenvalue weighted by Crippen LogP contribution is 2.26. The van der Waals surface area contributed by atoms with Crippen molar-refractivity contribution in [2.24, 2.45) is 0 Å². The Bertz CT molecular complexity index is 769. The van der Waals surface area contributed by atoms with Gasteiger partial charge in [0.15, 0.2) is 11.5 Å². The summed E-state index contributed by atoms with van der Waals surface area (Å²) in [4.78, 5) is 15.0. The third kappa shape index (κ3) is 3.44. The van der Waals surface area contributed by atoms with Crippen LogP contribution in [0.4, 0.5) is 5.82 Å². The lowest BCUT2D eigenvalue weighted by Gasteiger charge is -2.26. The molecule has 1 aliphatic rings. The van der Waals surface area contributed by atoms with E-state index in [0.717, 1.165) is 13.0 Å². The fourth-order valence-electron chi connectivity index (χ4n) is 2.58. The van der Waals surface area contributed by atoms with Crippen LogP contribution >= 0.6 is 22.9 Å². The highest BCUT2D eigenvalue weighted by Gasteiger charge is 2.36. The summed E-state index contributed by atoms with van der Waals surface area (Å²) in [6, 6.07) is 7.04. The molecule has 0 aromatic carbocycles. The second-order valence-corrected chi connectivity index (χ2v) is 7.05. The van der Waals surface area contributed by atoms with Gasteiger partial charge in [-0.25, -0.2) is 0 Å². The monoisotopic (exact) mass is 347 g/mol. The van der Waals surface area contributed by atoms with Gasteiger partial charge in [0.25, 0.3) is 5.91 Å². The molecule has 1 N–H and O–H groups in total. The van der Waals surface area contributed by atoms with Crippen LogP contribution in [-0.4, -0.2) is 34.7 Å². The fraction of sp³-hybridized carbons (Fsp3) is 0.333. The summed E-state index contributed by atoms with van der Waals surface area (Å²) >= 11 is 7.20. The number of amides is 1. The van der Waals surface area contributed by atoms with Crippen LogP contribution in [-0.2, 0) is 0 Å². The lowest BCUT2D eigenvalue weighted by Crippen LogP contribution is -2.47. The molecule has 1 atom stereocenters. The van der Waals surface area contributed by atoms with Crippen molar-refractivity contribution in [3.05, 3.63) is 39.2 Å². The highest BCUT2D eigenvalue weighted by atomic mass is 35.5. The molecule has 3 heterocycles. The zero-order valence-electron chi connectivity index (χ0n) is 12.4. The fourth-order valence-corrected chi connectivity index (χ4v) is 3.55. The molecule has 0 bridgehead atoms. The smallest absolute Gasteiger partial charge is 0.261 e. The number of nitriles is 1. The quantitative estimate of drug-likeness (QED) is 0.922. The number of anilines is 1. The van der Waals surface area contributed by atoms with Gasteiger partial charge < -0.3 is 10.2 Å². The van der Waals surface area contributed by atoms with Gasteiger partial charge in [0.1, 0.15) is 6.07 Å². The van der Waals surface area contributed by atoms with E-state index in [2.05, 4.69) is 20.4 Å². The first-order valence-electron chi connectivity index (χ1n) is 7.04. The van der Waals surface area contributed by atoms with Crippen molar-refractivity contribution in [1.29, 1.82) is 5.26 Å². The first kappa shape index (κ1) is 15.7. The van der Waals surface area contributed by atoms with Crippen LogP contribution in [0.3, 0.4) is 0 Å². The van der Waals surface area contributed by atoms with E-state index in [9.17, 15) is 4.79 Å². The molecule has 23 heavy (non-hydrogen) atoms. The Balaban J connectivity index is 1.67. The molecular weight excluding hydrogens is 334 g/mol. The van der Waals surface area contributed by atoms with Crippen molar-refractivity contribution in [2.45, 2.75) is 18.9 Å². The van der Waals surface area contributed by atoms with Crippen LogP contribution < -0.4 is 10.2 Å². The number of carbonyl (C=O) groups excluding carboxylic acids is 1. The number of nitrogens with zero attached hydrogens (tertiary/aromatic N) is 4. The van der Waals surface area contributed by atoms with Crippen molar-refractivity contribution >= 4 is 34.7 Å². The van der Waals surface area contributed by atoms with Gasteiger partial charge in [0.05, 0.1) is 15.4 Å². The number of aromatic nitrogens is 2. The molecule has 3 rings (SSSR count). The molecule has 0 aliphatic carbocycles. The molecule has 8 heteroatoms. The molecule has 1 aliphatic heterocycles. The molecule has 6 nitrogen and oxygen atoms in total. The molecule has 0 radical (unpaired) electrons. The Kier molecular flexibility index (Phi) is 4.20. The zero-order valence-corrected chi connectivity index (χ0v) is 14.0. The van der Waals surface area contributed by atoms with E-state index in [-0.39, 0.29) is 11.4 Å². The van der Waals surface area contributed by atoms with Crippen molar-refractivity contribution in [3.8, 4) is 6.07 Å². The summed E-state index contributed by atoms with van der Waals surface area (Å²) in [6.45, 7) is 3.41. The standard InChI is InChI=1S/C15H14ClN5OS/c1-15(18-14(22)12-6-10(16)8-23-12)4-5-21(9-15)13-3-2-11(7-17)19-20-13/h2-3,6,8H,4-5,9H2,1H3,(H,18,22). The Hall–Kier alpha value is -2.17. The minimum absolute atomic E-state index is 0.114. The van der Waals surface area contributed by atoms with E-state index in [1.807, 2.05) is 13.0 Å². The molecule has 0 spiro atoms. The SMILES string of the molecule is CC1(NC(=O)c2cc(Cl)cs2)CCN(c2ccc(C#N)nn2)C1. The van der Waals surface area contributed by atoms with E-state index < -0.39 is 0 Å². The van der Waals surface area contributed by atoms with Crippen LogP contribution in [0.25, 0.3) is 0 Å². The van der Waals surface area contributed by atoms with E-state index in [0.29, 0.717) is 28.0 Å². The van der Waals surface area contributed by atoms with Crippen LogP contribution in [0.5, 0.6) is 0 Å². The number of halogens is 1. The van der Waals surface area contributed by atoms with Crippen molar-refractivity contribution in [1.82, 2.24) is 15.5 Å². The lowest BCUT2D eigenvalue weighted by atomic mass is 10.0. The molecule has 2 aromatic rings. The number of nitrogens with one attached hydrogen (secondary N) is 1. The van der Waals surface area contributed by atoms with Gasteiger partial charge >= 0.3 is 0 Å². The van der Waals surface area contributed by atoms with Gasteiger partial charge in [-0.1, -0.05) is 11.6 Å². The Labute approximate surface area is 142 Å². The van der Waals surface area contributed by atoms with Gasteiger partial charge in [-0.05, 0) is 31.5 Å². The van der Waals surface area contributed by atoms with Crippen LogP contribution in [0, 0.1) is 11.3 Å². The molecule has 118 valence electrons. The first-order chi connectivity index (χ1) is 11.0. The Morgan fingerprint density at radius 3 is 2.96 bits per heavy atom. The number of hydrogen-bond acceptors (Lipinski definition) is 6. The van der Waals surface area contributed by atoms with Crippen molar-refractivity contribution < 1.29 is 4.79 Å². The first-order valence-corrected chi connectivity index (χ1v) is 8.30. The minimum atomic E-state index is -0.344. The van der Waals surface area contributed by atoms with E-state index in [4.69, 9.17) is 16.9 Å². The molecule has 0 saturated carbocycles. The molecule has 2 aromatic heterocycles. The highest BCUT2D eigenvalue weighted by molar-refractivity contribution is 7.12.